The molecule has 0 aromatic carbocycles. The molecular weight excluding hydrogens is 194 g/mol. The van der Waals surface area contributed by atoms with Crippen LogP contribution in [0.3, 0.4) is 0 Å². The second-order valence-electron chi connectivity index (χ2n) is 3.70. The van der Waals surface area contributed by atoms with Crippen molar-refractivity contribution >= 4 is 5.97 Å². The van der Waals surface area contributed by atoms with E-state index in [0.717, 1.165) is 5.76 Å². The average Bonchev–Trinajstić information content (AvgIpc) is 2.68. The van der Waals surface area contributed by atoms with Gasteiger partial charge in [-0.25, -0.2) is 0 Å². The van der Waals surface area contributed by atoms with E-state index in [1.165, 1.54) is 7.11 Å². The summed E-state index contributed by atoms with van der Waals surface area (Å²) in [5, 5.41) is 0. The summed E-state index contributed by atoms with van der Waals surface area (Å²) >= 11 is 0. The molecule has 0 spiro atoms. The molecule has 1 rings (SSSR count). The van der Waals surface area contributed by atoms with Crippen LogP contribution in [0.25, 0.3) is 0 Å². The number of rotatable bonds is 5. The van der Waals surface area contributed by atoms with Crippen molar-refractivity contribution in [1.82, 2.24) is 4.90 Å². The summed E-state index contributed by atoms with van der Waals surface area (Å²) < 4.78 is 9.87. The molecule has 1 aromatic heterocycles. The Hall–Kier alpha value is -1.29. The van der Waals surface area contributed by atoms with Gasteiger partial charge in [0.15, 0.2) is 0 Å². The van der Waals surface area contributed by atoms with Crippen molar-refractivity contribution in [2.24, 2.45) is 5.92 Å². The summed E-state index contributed by atoms with van der Waals surface area (Å²) in [5.74, 6) is 0.603. The van der Waals surface area contributed by atoms with Crippen LogP contribution in [0.4, 0.5) is 0 Å². The van der Waals surface area contributed by atoms with Crippen molar-refractivity contribution in [3.05, 3.63) is 24.2 Å². The lowest BCUT2D eigenvalue weighted by atomic mass is 10.2. The molecule has 0 aliphatic rings. The molecule has 0 radical (unpaired) electrons. The summed E-state index contributed by atoms with van der Waals surface area (Å²) in [6.45, 7) is 3.21. The predicted molar refractivity (Wildman–Crippen MR) is 56.2 cm³/mol. The van der Waals surface area contributed by atoms with Gasteiger partial charge < -0.3 is 9.15 Å². The van der Waals surface area contributed by atoms with Crippen LogP contribution in [0.2, 0.25) is 0 Å². The van der Waals surface area contributed by atoms with Gasteiger partial charge in [0.05, 0.1) is 25.8 Å². The molecule has 4 heteroatoms. The monoisotopic (exact) mass is 211 g/mol. The smallest absolute Gasteiger partial charge is 0.309 e. The first-order valence-electron chi connectivity index (χ1n) is 4.92. The highest BCUT2D eigenvalue weighted by Gasteiger charge is 2.15. The summed E-state index contributed by atoms with van der Waals surface area (Å²) in [4.78, 5) is 13.2. The zero-order valence-corrected chi connectivity index (χ0v) is 9.40. The second kappa shape index (κ2) is 5.56. The van der Waals surface area contributed by atoms with Crippen LogP contribution in [0.15, 0.2) is 22.8 Å². The largest absolute Gasteiger partial charge is 0.469 e. The molecule has 1 aromatic rings. The van der Waals surface area contributed by atoms with Crippen LogP contribution >= 0.6 is 0 Å². The van der Waals surface area contributed by atoms with E-state index in [-0.39, 0.29) is 11.9 Å². The van der Waals surface area contributed by atoms with Crippen LogP contribution < -0.4 is 0 Å². The maximum atomic E-state index is 11.2. The summed E-state index contributed by atoms with van der Waals surface area (Å²) in [6.07, 6.45) is 1.65. The second-order valence-corrected chi connectivity index (χ2v) is 3.70. The molecule has 0 saturated heterocycles. The first-order chi connectivity index (χ1) is 7.13. The lowest BCUT2D eigenvalue weighted by molar-refractivity contribution is -0.145. The van der Waals surface area contributed by atoms with Gasteiger partial charge in [0.25, 0.3) is 0 Å². The molecule has 0 saturated carbocycles. The normalized spacial score (nSPS) is 12.8. The van der Waals surface area contributed by atoms with Crippen LogP contribution in [0, 0.1) is 5.92 Å². The van der Waals surface area contributed by atoms with Crippen molar-refractivity contribution in [3.8, 4) is 0 Å². The SMILES string of the molecule is COC(=O)C(C)CN(C)Cc1ccco1. The van der Waals surface area contributed by atoms with Crippen LogP contribution in [-0.2, 0) is 16.1 Å². The highest BCUT2D eigenvalue weighted by Crippen LogP contribution is 2.06. The Balaban J connectivity index is 2.35. The number of nitrogens with zero attached hydrogens (tertiary/aromatic N) is 1. The van der Waals surface area contributed by atoms with Gasteiger partial charge in [-0.05, 0) is 19.2 Å². The number of esters is 1. The molecule has 84 valence electrons. The van der Waals surface area contributed by atoms with E-state index in [1.807, 2.05) is 31.0 Å². The highest BCUT2D eigenvalue weighted by molar-refractivity contribution is 5.71. The average molecular weight is 211 g/mol. The highest BCUT2D eigenvalue weighted by atomic mass is 16.5. The molecular formula is C11H17NO3. The minimum atomic E-state index is -0.179. The van der Waals surface area contributed by atoms with Gasteiger partial charge in [-0.2, -0.15) is 0 Å². The van der Waals surface area contributed by atoms with Crippen LogP contribution in [0.5, 0.6) is 0 Å². The fourth-order valence-corrected chi connectivity index (χ4v) is 1.48. The van der Waals surface area contributed by atoms with E-state index in [1.54, 1.807) is 6.26 Å². The maximum absolute atomic E-state index is 11.2. The van der Waals surface area contributed by atoms with Crippen molar-refractivity contribution in [3.63, 3.8) is 0 Å². The number of carbonyl (C=O) groups is 1. The predicted octanol–water partition coefficient (Wildman–Crippen LogP) is 1.52. The molecule has 1 unspecified atom stereocenters. The Morgan fingerprint density at radius 2 is 2.40 bits per heavy atom. The van der Waals surface area contributed by atoms with E-state index in [2.05, 4.69) is 4.74 Å². The number of hydrogen-bond acceptors (Lipinski definition) is 4. The molecule has 0 aliphatic heterocycles. The lowest BCUT2D eigenvalue weighted by Gasteiger charge is -2.18. The maximum Gasteiger partial charge on any atom is 0.309 e. The van der Waals surface area contributed by atoms with Gasteiger partial charge in [-0.1, -0.05) is 6.92 Å². The topological polar surface area (TPSA) is 42.7 Å². The summed E-state index contributed by atoms with van der Waals surface area (Å²) in [7, 11) is 3.35. The zero-order valence-electron chi connectivity index (χ0n) is 9.40. The van der Waals surface area contributed by atoms with Gasteiger partial charge in [-0.3, -0.25) is 9.69 Å². The molecule has 4 nitrogen and oxygen atoms in total. The van der Waals surface area contributed by atoms with E-state index in [4.69, 9.17) is 4.42 Å². The van der Waals surface area contributed by atoms with Crippen molar-refractivity contribution in [2.45, 2.75) is 13.5 Å². The van der Waals surface area contributed by atoms with E-state index in [0.29, 0.717) is 13.1 Å². The van der Waals surface area contributed by atoms with Crippen molar-refractivity contribution in [1.29, 1.82) is 0 Å². The van der Waals surface area contributed by atoms with Crippen molar-refractivity contribution < 1.29 is 13.9 Å². The minimum absolute atomic E-state index is 0.116. The van der Waals surface area contributed by atoms with E-state index < -0.39 is 0 Å². The van der Waals surface area contributed by atoms with Gasteiger partial charge in [-0.15, -0.1) is 0 Å². The molecule has 15 heavy (non-hydrogen) atoms. The number of furan rings is 1. The Morgan fingerprint density at radius 3 is 2.93 bits per heavy atom. The molecule has 0 bridgehead atoms. The van der Waals surface area contributed by atoms with E-state index >= 15 is 0 Å². The Kier molecular flexibility index (Phi) is 4.37. The quantitative estimate of drug-likeness (QED) is 0.692. The summed E-state index contributed by atoms with van der Waals surface area (Å²) in [6, 6.07) is 3.77. The zero-order chi connectivity index (χ0) is 11.3. The number of methoxy groups -OCH3 is 1. The van der Waals surface area contributed by atoms with Gasteiger partial charge in [0, 0.05) is 6.54 Å². The standard InChI is InChI=1S/C11H17NO3/c1-9(11(13)14-3)7-12(2)8-10-5-4-6-15-10/h4-6,9H,7-8H2,1-3H3. The number of hydrogen-bond donors (Lipinski definition) is 0. The minimum Gasteiger partial charge on any atom is -0.469 e. The number of carbonyl (C=O) groups excluding carboxylic acids is 1. The van der Waals surface area contributed by atoms with E-state index in [9.17, 15) is 4.79 Å². The first kappa shape index (κ1) is 11.8. The van der Waals surface area contributed by atoms with Crippen LogP contribution in [0.1, 0.15) is 12.7 Å². The third-order valence-electron chi connectivity index (χ3n) is 2.19. The molecule has 0 aliphatic carbocycles. The molecule has 0 N–H and O–H groups in total. The van der Waals surface area contributed by atoms with Gasteiger partial charge in [0.1, 0.15) is 5.76 Å². The Morgan fingerprint density at radius 1 is 1.67 bits per heavy atom. The Labute approximate surface area is 89.8 Å². The fraction of sp³-hybridized carbons (Fsp3) is 0.545. The summed E-state index contributed by atoms with van der Waals surface area (Å²) in [5.41, 5.74) is 0. The third-order valence-corrected chi connectivity index (χ3v) is 2.19. The lowest BCUT2D eigenvalue weighted by Crippen LogP contribution is -2.28. The first-order valence-corrected chi connectivity index (χ1v) is 4.92. The van der Waals surface area contributed by atoms with Gasteiger partial charge >= 0.3 is 5.97 Å². The van der Waals surface area contributed by atoms with Crippen LogP contribution in [-0.4, -0.2) is 31.6 Å². The molecule has 1 heterocycles. The molecule has 0 amide bonds. The fourth-order valence-electron chi connectivity index (χ4n) is 1.48. The molecule has 1 atom stereocenters. The van der Waals surface area contributed by atoms with Crippen molar-refractivity contribution in [2.75, 3.05) is 20.7 Å². The third kappa shape index (κ3) is 3.75. The Bertz CT molecular complexity index is 295. The number of ether oxygens (including phenoxy) is 1. The molecule has 0 fully saturated rings. The van der Waals surface area contributed by atoms with Gasteiger partial charge in [0.2, 0.25) is 0 Å².